The van der Waals surface area contributed by atoms with Crippen LogP contribution in [-0.4, -0.2) is 14.5 Å². The number of fused-ring (bicyclic) bond motifs is 5. The molecule has 3 nitrogen and oxygen atoms in total. The molecule has 3 heteroatoms. The first-order valence-electron chi connectivity index (χ1n) is 19.9. The first-order valence-corrected chi connectivity index (χ1v) is 19.9. The molecular weight excluding hydrogens is 703 g/mol. The highest BCUT2D eigenvalue weighted by atomic mass is 15.0. The average Bonchev–Trinajstić information content (AvgIpc) is 3.46. The topological polar surface area (TPSA) is 30.7 Å². The summed E-state index contributed by atoms with van der Waals surface area (Å²) in [5.41, 5.74) is 15.7. The summed E-state index contributed by atoms with van der Waals surface area (Å²) in [6.07, 6.45) is 7.70. The summed E-state index contributed by atoms with van der Waals surface area (Å²) in [7, 11) is 0. The van der Waals surface area contributed by atoms with Gasteiger partial charge < -0.3 is 4.57 Å². The van der Waals surface area contributed by atoms with Gasteiger partial charge in [-0.25, -0.2) is 9.97 Å². The van der Waals surface area contributed by atoms with Crippen molar-refractivity contribution in [1.82, 2.24) is 14.5 Å². The van der Waals surface area contributed by atoms with Gasteiger partial charge in [0, 0.05) is 33.2 Å². The van der Waals surface area contributed by atoms with E-state index in [0.717, 1.165) is 34.5 Å². The Morgan fingerprint density at radius 2 is 1.03 bits per heavy atom. The number of hydrogen-bond acceptors (Lipinski definition) is 2. The quantitative estimate of drug-likeness (QED) is 0.170. The van der Waals surface area contributed by atoms with Crippen molar-refractivity contribution < 1.29 is 0 Å². The Morgan fingerprint density at radius 3 is 1.84 bits per heavy atom. The van der Waals surface area contributed by atoms with E-state index in [0.29, 0.717) is 5.82 Å². The monoisotopic (exact) mass is 739 g/mol. The predicted octanol–water partition coefficient (Wildman–Crippen LogP) is 14.2. The third-order valence-corrected chi connectivity index (χ3v) is 11.4. The van der Waals surface area contributed by atoms with Crippen LogP contribution >= 0.6 is 0 Å². The van der Waals surface area contributed by atoms with Crippen molar-refractivity contribution in [3.05, 3.63) is 223 Å². The number of para-hydroxylation sites is 2. The third-order valence-electron chi connectivity index (χ3n) is 11.4. The standard InChI is InChI=1S/C55H37N3/c1-4-15-37(16-5-1)45-21-10-11-22-47-46(45)24-14-25-48(47)52-36-51(56-55(57-52)38-17-6-2-7-18-38)43-30-29-39-33-40(27-28-41(39)34-43)42-31-32-54-50(35-42)49-23-12-13-26-53(49)58(54)44-19-8-3-9-20-44/h1-9,11-36H,10H2. The van der Waals surface area contributed by atoms with Crippen LogP contribution in [0.5, 0.6) is 0 Å². The Hall–Kier alpha value is -7.62. The highest BCUT2D eigenvalue weighted by Crippen LogP contribution is 2.39. The van der Waals surface area contributed by atoms with Crippen molar-refractivity contribution in [3.8, 4) is 50.7 Å². The molecule has 0 saturated heterocycles. The molecule has 0 unspecified atom stereocenters. The highest BCUT2D eigenvalue weighted by molar-refractivity contribution is 6.10. The van der Waals surface area contributed by atoms with E-state index in [-0.39, 0.29) is 0 Å². The first-order chi connectivity index (χ1) is 28.7. The van der Waals surface area contributed by atoms with Crippen LogP contribution in [0.2, 0.25) is 0 Å². The van der Waals surface area contributed by atoms with E-state index in [2.05, 4.69) is 199 Å². The van der Waals surface area contributed by atoms with E-state index in [9.17, 15) is 0 Å². The van der Waals surface area contributed by atoms with Gasteiger partial charge in [-0.05, 0) is 99.1 Å². The molecule has 272 valence electrons. The molecule has 58 heavy (non-hydrogen) atoms. The fourth-order valence-electron chi connectivity index (χ4n) is 8.62. The Balaban J connectivity index is 1.00. The summed E-state index contributed by atoms with van der Waals surface area (Å²) in [6, 6.07) is 69.4. The molecule has 0 aliphatic heterocycles. The first kappa shape index (κ1) is 33.7. The fraction of sp³-hybridized carbons (Fsp3) is 0.0182. The number of hydrogen-bond donors (Lipinski definition) is 0. The van der Waals surface area contributed by atoms with Crippen LogP contribution in [0.3, 0.4) is 0 Å². The summed E-state index contributed by atoms with van der Waals surface area (Å²) in [6.45, 7) is 0. The molecule has 0 bridgehead atoms. The number of rotatable bonds is 6. The second kappa shape index (κ2) is 14.1. The maximum Gasteiger partial charge on any atom is 0.160 e. The molecule has 0 fully saturated rings. The van der Waals surface area contributed by atoms with E-state index in [4.69, 9.17) is 9.97 Å². The molecule has 0 amide bonds. The molecule has 2 aromatic heterocycles. The normalized spacial score (nSPS) is 12.4. The molecule has 11 rings (SSSR count). The van der Waals surface area contributed by atoms with Crippen molar-refractivity contribution >= 4 is 44.2 Å². The molecule has 0 atom stereocenters. The Morgan fingerprint density at radius 1 is 0.414 bits per heavy atom. The van der Waals surface area contributed by atoms with Crippen LogP contribution in [-0.2, 0) is 0 Å². The van der Waals surface area contributed by atoms with Crippen molar-refractivity contribution in [1.29, 1.82) is 0 Å². The number of aromatic nitrogens is 3. The van der Waals surface area contributed by atoms with Crippen LogP contribution < -0.4 is 0 Å². The second-order valence-corrected chi connectivity index (χ2v) is 14.9. The van der Waals surface area contributed by atoms with Crippen LogP contribution in [0.4, 0.5) is 0 Å². The highest BCUT2D eigenvalue weighted by Gasteiger charge is 2.19. The molecule has 10 aromatic rings. The molecule has 0 N–H and O–H groups in total. The lowest BCUT2D eigenvalue weighted by Gasteiger charge is -2.16. The Bertz CT molecular complexity index is 3230. The smallest absolute Gasteiger partial charge is 0.160 e. The summed E-state index contributed by atoms with van der Waals surface area (Å²) in [5.74, 6) is 0.710. The van der Waals surface area contributed by atoms with Crippen molar-refractivity contribution in [2.75, 3.05) is 0 Å². The van der Waals surface area contributed by atoms with Gasteiger partial charge in [-0.3, -0.25) is 0 Å². The van der Waals surface area contributed by atoms with E-state index >= 15 is 0 Å². The zero-order chi connectivity index (χ0) is 38.4. The number of allylic oxidation sites excluding steroid dienone is 2. The molecule has 0 spiro atoms. The Kier molecular flexibility index (Phi) is 8.22. The van der Waals surface area contributed by atoms with Gasteiger partial charge >= 0.3 is 0 Å². The SMILES string of the molecule is C1=Cc2c(cccc2-c2cc(-c3ccc4cc(-c5ccc6c(c5)c5ccccc5n6-c5ccccc5)ccc4c3)nc(-c3ccccc3)n2)C(c2ccccc2)=CC1. The van der Waals surface area contributed by atoms with Gasteiger partial charge in [-0.1, -0.05) is 164 Å². The second-order valence-electron chi connectivity index (χ2n) is 14.9. The van der Waals surface area contributed by atoms with Crippen LogP contribution in [0.1, 0.15) is 23.1 Å². The zero-order valence-corrected chi connectivity index (χ0v) is 31.8. The van der Waals surface area contributed by atoms with Crippen molar-refractivity contribution in [3.63, 3.8) is 0 Å². The van der Waals surface area contributed by atoms with Crippen LogP contribution in [0.15, 0.2) is 206 Å². The number of benzene rings is 8. The van der Waals surface area contributed by atoms with Gasteiger partial charge in [0.15, 0.2) is 5.82 Å². The molecule has 1 aliphatic carbocycles. The average molecular weight is 740 g/mol. The van der Waals surface area contributed by atoms with Gasteiger partial charge in [0.2, 0.25) is 0 Å². The van der Waals surface area contributed by atoms with Gasteiger partial charge in [-0.15, -0.1) is 0 Å². The minimum absolute atomic E-state index is 0.710. The van der Waals surface area contributed by atoms with E-state index in [1.54, 1.807) is 0 Å². The summed E-state index contributed by atoms with van der Waals surface area (Å²) < 4.78 is 2.36. The van der Waals surface area contributed by atoms with Crippen LogP contribution in [0.25, 0.3) is 94.9 Å². The van der Waals surface area contributed by atoms with E-state index in [1.807, 2.05) is 18.2 Å². The summed E-state index contributed by atoms with van der Waals surface area (Å²) in [4.78, 5) is 10.4. The van der Waals surface area contributed by atoms with E-state index in [1.165, 1.54) is 71.7 Å². The zero-order valence-electron chi connectivity index (χ0n) is 31.8. The summed E-state index contributed by atoms with van der Waals surface area (Å²) in [5, 5.41) is 4.85. The molecular formula is C55H37N3. The van der Waals surface area contributed by atoms with E-state index < -0.39 is 0 Å². The molecule has 8 aromatic carbocycles. The molecule has 2 heterocycles. The lowest BCUT2D eigenvalue weighted by molar-refractivity contribution is 1.18. The minimum Gasteiger partial charge on any atom is -0.309 e. The predicted molar refractivity (Wildman–Crippen MR) is 243 cm³/mol. The van der Waals surface area contributed by atoms with Gasteiger partial charge in [0.05, 0.1) is 22.4 Å². The number of nitrogens with zero attached hydrogens (tertiary/aromatic N) is 3. The maximum atomic E-state index is 5.24. The lowest BCUT2D eigenvalue weighted by atomic mass is 9.90. The maximum absolute atomic E-state index is 5.24. The Labute approximate surface area is 337 Å². The fourth-order valence-corrected chi connectivity index (χ4v) is 8.62. The minimum atomic E-state index is 0.710. The summed E-state index contributed by atoms with van der Waals surface area (Å²) >= 11 is 0. The van der Waals surface area contributed by atoms with Crippen LogP contribution in [0, 0.1) is 0 Å². The van der Waals surface area contributed by atoms with Gasteiger partial charge in [0.1, 0.15) is 0 Å². The molecule has 0 radical (unpaired) electrons. The van der Waals surface area contributed by atoms with Crippen molar-refractivity contribution in [2.45, 2.75) is 6.42 Å². The molecule has 1 aliphatic rings. The lowest BCUT2D eigenvalue weighted by Crippen LogP contribution is -1.99. The van der Waals surface area contributed by atoms with Gasteiger partial charge in [0.25, 0.3) is 0 Å². The largest absolute Gasteiger partial charge is 0.309 e. The third kappa shape index (κ3) is 5.93. The van der Waals surface area contributed by atoms with Crippen molar-refractivity contribution in [2.24, 2.45) is 0 Å². The molecule has 0 saturated carbocycles. The van der Waals surface area contributed by atoms with Gasteiger partial charge in [-0.2, -0.15) is 0 Å².